The minimum absolute atomic E-state index is 0.0349. The fourth-order valence-electron chi connectivity index (χ4n) is 5.98. The van der Waals surface area contributed by atoms with Crippen molar-refractivity contribution in [1.82, 2.24) is 19.4 Å². The molecule has 0 spiro atoms. The summed E-state index contributed by atoms with van der Waals surface area (Å²) in [5.41, 5.74) is 4.77. The number of benzene rings is 1. The number of nitrogens with zero attached hydrogens (tertiary/aromatic N) is 5. The van der Waals surface area contributed by atoms with Gasteiger partial charge in [-0.1, -0.05) is 61.1 Å². The van der Waals surface area contributed by atoms with Gasteiger partial charge in [-0.25, -0.2) is 0 Å². The Balaban J connectivity index is 1.86. The lowest BCUT2D eigenvalue weighted by Gasteiger charge is -2.35. The van der Waals surface area contributed by atoms with Crippen LogP contribution in [0.1, 0.15) is 81.2 Å². The summed E-state index contributed by atoms with van der Waals surface area (Å²) in [6, 6.07) is 7.80. The second kappa shape index (κ2) is 11.9. The number of hydrogen-bond donors (Lipinski definition) is 0. The molecule has 0 bridgehead atoms. The lowest BCUT2D eigenvalue weighted by molar-refractivity contribution is 0.103. The van der Waals surface area contributed by atoms with Crippen molar-refractivity contribution in [2.45, 2.75) is 66.8 Å². The first-order valence-corrected chi connectivity index (χ1v) is 14.5. The number of hydrogen-bond acceptors (Lipinski definition) is 5. The Morgan fingerprint density at radius 3 is 2.28 bits per heavy atom. The second-order valence-corrected chi connectivity index (χ2v) is 10.7. The van der Waals surface area contributed by atoms with Crippen LogP contribution in [0.4, 0.5) is 5.82 Å². The summed E-state index contributed by atoms with van der Waals surface area (Å²) in [7, 11) is 0. The van der Waals surface area contributed by atoms with Gasteiger partial charge in [-0.05, 0) is 61.9 Å². The van der Waals surface area contributed by atoms with E-state index in [4.69, 9.17) is 16.3 Å². The highest BCUT2D eigenvalue weighted by molar-refractivity contribution is 6.20. The molecule has 208 valence electrons. The van der Waals surface area contributed by atoms with Crippen molar-refractivity contribution in [3.8, 4) is 5.75 Å². The third-order valence-corrected chi connectivity index (χ3v) is 8.42. The van der Waals surface area contributed by atoms with E-state index in [1.807, 2.05) is 6.07 Å². The Kier molecular flexibility index (Phi) is 8.78. The quantitative estimate of drug-likeness (QED) is 0.266. The van der Waals surface area contributed by atoms with Gasteiger partial charge in [0.15, 0.2) is 5.78 Å². The van der Waals surface area contributed by atoms with Crippen LogP contribution in [0.5, 0.6) is 5.75 Å². The van der Waals surface area contributed by atoms with Gasteiger partial charge in [0.2, 0.25) is 5.65 Å². The zero-order valence-corrected chi connectivity index (χ0v) is 24.7. The maximum Gasteiger partial charge on any atom is 0.271 e. The lowest BCUT2D eigenvalue weighted by Crippen LogP contribution is -2.34. The van der Waals surface area contributed by atoms with Crippen LogP contribution in [0.2, 0.25) is 0 Å². The molecule has 1 aliphatic rings. The minimum Gasteiger partial charge on any atom is -0.492 e. The van der Waals surface area contributed by atoms with Crippen LogP contribution in [0.15, 0.2) is 24.3 Å². The van der Waals surface area contributed by atoms with E-state index >= 15 is 0 Å². The molecule has 7 nitrogen and oxygen atoms in total. The summed E-state index contributed by atoms with van der Waals surface area (Å²) in [6.45, 7) is 29.6. The Hall–Kier alpha value is -3.21. The van der Waals surface area contributed by atoms with Gasteiger partial charge in [0, 0.05) is 36.3 Å². The Morgan fingerprint density at radius 1 is 1.00 bits per heavy atom. The van der Waals surface area contributed by atoms with Crippen LogP contribution < -0.4 is 4.74 Å². The third kappa shape index (κ3) is 5.20. The van der Waals surface area contributed by atoms with Gasteiger partial charge < -0.3 is 23.9 Å². The van der Waals surface area contributed by atoms with Gasteiger partial charge in [-0.2, -0.15) is 0 Å². The van der Waals surface area contributed by atoms with Crippen LogP contribution in [0, 0.1) is 6.57 Å². The van der Waals surface area contributed by atoms with Gasteiger partial charge >= 0.3 is 0 Å². The number of fused-ring (bicyclic) bond motifs is 4. The molecule has 0 amide bonds. The predicted molar refractivity (Wildman–Crippen MR) is 158 cm³/mol. The number of carbonyl (C=O) groups is 1. The van der Waals surface area contributed by atoms with E-state index in [0.717, 1.165) is 90.4 Å². The highest BCUT2D eigenvalue weighted by Gasteiger charge is 2.43. The normalized spacial score (nSPS) is 14.1. The summed E-state index contributed by atoms with van der Waals surface area (Å²) in [6.07, 6.45) is 0.788. The number of ether oxygens (including phenoxy) is 1. The van der Waals surface area contributed by atoms with Crippen molar-refractivity contribution in [2.75, 3.05) is 45.9 Å². The van der Waals surface area contributed by atoms with Crippen LogP contribution >= 0.6 is 0 Å². The van der Waals surface area contributed by atoms with E-state index in [1.165, 1.54) is 0 Å². The number of pyridine rings is 1. The first-order valence-electron chi connectivity index (χ1n) is 14.5. The minimum atomic E-state index is -0.454. The van der Waals surface area contributed by atoms with Gasteiger partial charge in [-0.15, -0.1) is 4.98 Å². The molecule has 3 aromatic rings. The molecular weight excluding hydrogens is 486 g/mol. The Bertz CT molecular complexity index is 1390. The van der Waals surface area contributed by atoms with E-state index in [-0.39, 0.29) is 5.78 Å². The molecule has 39 heavy (non-hydrogen) atoms. The summed E-state index contributed by atoms with van der Waals surface area (Å²) < 4.78 is 8.56. The van der Waals surface area contributed by atoms with Crippen LogP contribution in [0.25, 0.3) is 15.9 Å². The molecule has 0 unspecified atom stereocenters. The SMILES string of the molecule is [C-]#[N+]c1ccc2c3c(n(CCN(CC)CC)c2n1)C(C)(C)c1cc(OCCN(CC)CC)c(CC)cc1C3=O. The summed E-state index contributed by atoms with van der Waals surface area (Å²) >= 11 is 0. The molecule has 1 aliphatic carbocycles. The molecule has 0 N–H and O–H groups in total. The van der Waals surface area contributed by atoms with Crippen molar-refractivity contribution in [1.29, 1.82) is 0 Å². The fourth-order valence-corrected chi connectivity index (χ4v) is 5.98. The van der Waals surface area contributed by atoms with E-state index in [2.05, 4.69) is 79.8 Å². The lowest BCUT2D eigenvalue weighted by atomic mass is 9.70. The molecule has 4 rings (SSSR count). The van der Waals surface area contributed by atoms with Crippen molar-refractivity contribution >= 4 is 22.6 Å². The van der Waals surface area contributed by atoms with Crippen LogP contribution in [-0.2, 0) is 18.4 Å². The highest BCUT2D eigenvalue weighted by atomic mass is 16.5. The molecule has 0 saturated heterocycles. The molecule has 2 aromatic heterocycles. The smallest absolute Gasteiger partial charge is 0.271 e. The molecule has 0 saturated carbocycles. The number of aryl methyl sites for hydroxylation is 1. The Labute approximate surface area is 233 Å². The van der Waals surface area contributed by atoms with Crippen molar-refractivity contribution in [2.24, 2.45) is 0 Å². The maximum absolute atomic E-state index is 14.2. The molecule has 0 radical (unpaired) electrons. The van der Waals surface area contributed by atoms with E-state index in [1.54, 1.807) is 6.07 Å². The summed E-state index contributed by atoms with van der Waals surface area (Å²) in [5.74, 6) is 1.25. The molecule has 2 heterocycles. The Morgan fingerprint density at radius 2 is 1.67 bits per heavy atom. The molecule has 0 fully saturated rings. The zero-order chi connectivity index (χ0) is 28.3. The molecule has 7 heteroatoms. The predicted octanol–water partition coefficient (Wildman–Crippen LogP) is 6.08. The second-order valence-electron chi connectivity index (χ2n) is 10.7. The molecule has 0 atom stereocenters. The molecule has 0 aliphatic heterocycles. The maximum atomic E-state index is 14.2. The van der Waals surface area contributed by atoms with E-state index in [0.29, 0.717) is 19.0 Å². The summed E-state index contributed by atoms with van der Waals surface area (Å²) in [5, 5.41) is 0.832. The number of rotatable bonds is 12. The highest BCUT2D eigenvalue weighted by Crippen LogP contribution is 2.47. The van der Waals surface area contributed by atoms with E-state index in [9.17, 15) is 4.79 Å². The number of aromatic nitrogens is 2. The van der Waals surface area contributed by atoms with Gasteiger partial charge in [0.1, 0.15) is 12.4 Å². The summed E-state index contributed by atoms with van der Waals surface area (Å²) in [4.78, 5) is 27.3. The monoisotopic (exact) mass is 529 g/mol. The van der Waals surface area contributed by atoms with Crippen LogP contribution in [0.3, 0.4) is 0 Å². The van der Waals surface area contributed by atoms with Gasteiger partial charge in [-0.3, -0.25) is 4.79 Å². The molecular formula is C32H43N5O2. The number of carbonyl (C=O) groups excluding carboxylic acids is 1. The van der Waals surface area contributed by atoms with Crippen LogP contribution in [-0.4, -0.2) is 71.0 Å². The third-order valence-electron chi connectivity index (χ3n) is 8.42. The van der Waals surface area contributed by atoms with Crippen molar-refractivity contribution in [3.05, 3.63) is 63.6 Å². The van der Waals surface area contributed by atoms with E-state index < -0.39 is 5.41 Å². The average Bonchev–Trinajstić information content (AvgIpc) is 3.29. The first kappa shape index (κ1) is 28.8. The average molecular weight is 530 g/mol. The number of likely N-dealkylation sites (N-methyl/N-ethyl adjacent to an activating group) is 2. The number of ketones is 1. The topological polar surface area (TPSA) is 55.0 Å². The fraction of sp³-hybridized carbons (Fsp3) is 0.531. The standard InChI is InChI=1S/C32H43N5O2/c1-9-22-20-24-25(21-26(22)39-19-18-36(12-4)13-5)32(6,7)30-28(29(24)38)23-14-15-27(33-8)34-31(23)37(30)17-16-35(10-2)11-3/h14-15,20-21H,9-13,16-19H2,1-7H3. The van der Waals surface area contributed by atoms with Crippen molar-refractivity contribution in [3.63, 3.8) is 0 Å². The van der Waals surface area contributed by atoms with Crippen molar-refractivity contribution < 1.29 is 9.53 Å². The first-order chi connectivity index (χ1) is 18.7. The zero-order valence-electron chi connectivity index (χ0n) is 24.7. The van der Waals surface area contributed by atoms with Gasteiger partial charge in [0.25, 0.3) is 5.82 Å². The largest absolute Gasteiger partial charge is 0.492 e. The molecule has 1 aromatic carbocycles. The van der Waals surface area contributed by atoms with Gasteiger partial charge in [0.05, 0.1) is 10.9 Å².